The van der Waals surface area contributed by atoms with Crippen LogP contribution in [-0.4, -0.2) is 69.4 Å². The summed E-state index contributed by atoms with van der Waals surface area (Å²) < 4.78 is 7.21. The number of hydrogen-bond donors (Lipinski definition) is 0. The van der Waals surface area contributed by atoms with Crippen molar-refractivity contribution in [2.75, 3.05) is 44.7 Å². The highest BCUT2D eigenvalue weighted by Crippen LogP contribution is 2.25. The molecular formula is C19H23N7O3. The normalized spacial score (nSPS) is 15.0. The van der Waals surface area contributed by atoms with E-state index in [1.807, 2.05) is 4.68 Å². The Balaban J connectivity index is 1.31. The smallest absolute Gasteiger partial charge is 0.271 e. The van der Waals surface area contributed by atoms with Crippen molar-refractivity contribution in [3.63, 3.8) is 0 Å². The maximum absolute atomic E-state index is 11.0. The molecule has 1 saturated heterocycles. The number of aryl methyl sites for hydroxylation is 1. The third-order valence-corrected chi connectivity index (χ3v) is 5.23. The monoisotopic (exact) mass is 397 g/mol. The molecule has 3 aromatic rings. The molecule has 10 nitrogen and oxygen atoms in total. The summed E-state index contributed by atoms with van der Waals surface area (Å²) in [5.74, 6) is 1.53. The lowest BCUT2D eigenvalue weighted by Crippen LogP contribution is -2.47. The maximum Gasteiger partial charge on any atom is 0.271 e. The average Bonchev–Trinajstić information content (AvgIpc) is 3.16. The van der Waals surface area contributed by atoms with Crippen LogP contribution >= 0.6 is 0 Å². The van der Waals surface area contributed by atoms with E-state index in [1.165, 1.54) is 6.07 Å². The fourth-order valence-corrected chi connectivity index (χ4v) is 3.67. The van der Waals surface area contributed by atoms with E-state index in [9.17, 15) is 10.1 Å². The number of rotatable bonds is 7. The van der Waals surface area contributed by atoms with E-state index in [2.05, 4.69) is 24.9 Å². The summed E-state index contributed by atoms with van der Waals surface area (Å²) in [5.41, 5.74) is 0.899. The Kier molecular flexibility index (Phi) is 5.52. The molecule has 0 spiro atoms. The Bertz CT molecular complexity index is 998. The molecule has 2 aromatic heterocycles. The van der Waals surface area contributed by atoms with Crippen LogP contribution in [0.2, 0.25) is 0 Å². The standard InChI is InChI=1S/C19H23N7O3/c1-29-18-13-20-14-21-19(18)24-9-7-23(8-10-24)5-2-6-25-17-11-16(26(27)28)4-3-15(17)12-22-25/h3-4,11-14H,2,5-10H2,1H3. The van der Waals surface area contributed by atoms with Crippen molar-refractivity contribution in [1.29, 1.82) is 0 Å². The van der Waals surface area contributed by atoms with Gasteiger partial charge in [0, 0.05) is 56.8 Å². The lowest BCUT2D eigenvalue weighted by Gasteiger charge is -2.35. The van der Waals surface area contributed by atoms with Crippen molar-refractivity contribution >= 4 is 22.4 Å². The van der Waals surface area contributed by atoms with Crippen LogP contribution in [0.25, 0.3) is 10.9 Å². The lowest BCUT2D eigenvalue weighted by molar-refractivity contribution is -0.384. The van der Waals surface area contributed by atoms with E-state index in [0.29, 0.717) is 5.75 Å². The molecular weight excluding hydrogens is 374 g/mol. The van der Waals surface area contributed by atoms with Gasteiger partial charge in [0.2, 0.25) is 0 Å². The van der Waals surface area contributed by atoms with E-state index in [0.717, 1.165) is 62.4 Å². The summed E-state index contributed by atoms with van der Waals surface area (Å²) in [6.07, 6.45) is 5.92. The molecule has 1 aliphatic rings. The van der Waals surface area contributed by atoms with Gasteiger partial charge in [0.15, 0.2) is 11.6 Å². The first kappa shape index (κ1) is 19.1. The number of nitrogens with zero attached hydrogens (tertiary/aromatic N) is 7. The van der Waals surface area contributed by atoms with Crippen LogP contribution in [0.4, 0.5) is 11.5 Å². The van der Waals surface area contributed by atoms with Gasteiger partial charge in [-0.2, -0.15) is 5.10 Å². The van der Waals surface area contributed by atoms with Gasteiger partial charge in [-0.3, -0.25) is 19.7 Å². The second kappa shape index (κ2) is 8.39. The molecule has 0 radical (unpaired) electrons. The fourth-order valence-electron chi connectivity index (χ4n) is 3.67. The minimum absolute atomic E-state index is 0.0931. The summed E-state index contributed by atoms with van der Waals surface area (Å²) >= 11 is 0. The lowest BCUT2D eigenvalue weighted by atomic mass is 10.2. The van der Waals surface area contributed by atoms with Gasteiger partial charge in [0.25, 0.3) is 5.69 Å². The first-order valence-electron chi connectivity index (χ1n) is 9.57. The number of nitro benzene ring substituents is 1. The zero-order valence-electron chi connectivity index (χ0n) is 16.3. The summed E-state index contributed by atoms with van der Waals surface area (Å²) in [7, 11) is 1.63. The molecule has 0 aliphatic carbocycles. The van der Waals surface area contributed by atoms with Gasteiger partial charge in [0.05, 0.1) is 29.9 Å². The highest BCUT2D eigenvalue weighted by Gasteiger charge is 2.20. The molecule has 3 heterocycles. The number of piperazine rings is 1. The molecule has 0 atom stereocenters. The van der Waals surface area contributed by atoms with Crippen molar-refractivity contribution < 1.29 is 9.66 Å². The predicted molar refractivity (Wildman–Crippen MR) is 108 cm³/mol. The van der Waals surface area contributed by atoms with E-state index < -0.39 is 0 Å². The molecule has 0 saturated carbocycles. The van der Waals surface area contributed by atoms with Crippen LogP contribution in [-0.2, 0) is 6.54 Å². The van der Waals surface area contributed by atoms with Crippen molar-refractivity contribution in [2.45, 2.75) is 13.0 Å². The number of benzene rings is 1. The number of nitro groups is 1. The Morgan fingerprint density at radius 3 is 2.76 bits per heavy atom. The van der Waals surface area contributed by atoms with Crippen molar-refractivity contribution in [2.24, 2.45) is 0 Å². The first-order valence-corrected chi connectivity index (χ1v) is 9.57. The first-order chi connectivity index (χ1) is 14.2. The number of ether oxygens (including phenoxy) is 1. The summed E-state index contributed by atoms with van der Waals surface area (Å²) in [6.45, 7) is 5.32. The molecule has 0 bridgehead atoms. The Morgan fingerprint density at radius 1 is 1.17 bits per heavy atom. The van der Waals surface area contributed by atoms with E-state index in [1.54, 1.807) is 38.0 Å². The van der Waals surface area contributed by atoms with Gasteiger partial charge in [-0.15, -0.1) is 0 Å². The fraction of sp³-hybridized carbons (Fsp3) is 0.421. The zero-order chi connectivity index (χ0) is 20.2. The van der Waals surface area contributed by atoms with E-state index >= 15 is 0 Å². The number of non-ortho nitro benzene ring substituents is 1. The molecule has 152 valence electrons. The van der Waals surface area contributed by atoms with Gasteiger partial charge in [-0.1, -0.05) is 0 Å². The predicted octanol–water partition coefficient (Wildman–Crippen LogP) is 1.96. The minimum Gasteiger partial charge on any atom is -0.491 e. The Hall–Kier alpha value is -3.27. The van der Waals surface area contributed by atoms with Gasteiger partial charge in [-0.25, -0.2) is 9.97 Å². The molecule has 10 heteroatoms. The van der Waals surface area contributed by atoms with E-state index in [-0.39, 0.29) is 10.6 Å². The molecule has 29 heavy (non-hydrogen) atoms. The van der Waals surface area contributed by atoms with Crippen LogP contribution < -0.4 is 9.64 Å². The zero-order valence-corrected chi connectivity index (χ0v) is 16.3. The summed E-state index contributed by atoms with van der Waals surface area (Å²) in [5, 5.41) is 16.3. The van der Waals surface area contributed by atoms with Crippen molar-refractivity contribution in [1.82, 2.24) is 24.6 Å². The van der Waals surface area contributed by atoms with Crippen molar-refractivity contribution in [3.8, 4) is 5.75 Å². The van der Waals surface area contributed by atoms with Crippen LogP contribution in [0.15, 0.2) is 36.9 Å². The average molecular weight is 397 g/mol. The number of anilines is 1. The summed E-state index contributed by atoms with van der Waals surface area (Å²) in [6, 6.07) is 4.86. The van der Waals surface area contributed by atoms with Gasteiger partial charge in [0.1, 0.15) is 6.33 Å². The molecule has 1 fully saturated rings. The molecule has 0 amide bonds. The molecule has 1 aromatic carbocycles. The highest BCUT2D eigenvalue weighted by molar-refractivity contribution is 5.80. The summed E-state index contributed by atoms with van der Waals surface area (Å²) in [4.78, 5) is 23.6. The third kappa shape index (κ3) is 4.11. The Labute approximate surface area is 167 Å². The number of hydrogen-bond acceptors (Lipinski definition) is 8. The number of fused-ring (bicyclic) bond motifs is 1. The second-order valence-corrected chi connectivity index (χ2v) is 6.96. The maximum atomic E-state index is 11.0. The molecule has 4 rings (SSSR count). The third-order valence-electron chi connectivity index (χ3n) is 5.23. The van der Waals surface area contributed by atoms with E-state index in [4.69, 9.17) is 4.74 Å². The topological polar surface area (TPSA) is 102 Å². The van der Waals surface area contributed by atoms with Crippen molar-refractivity contribution in [3.05, 3.63) is 47.0 Å². The minimum atomic E-state index is -0.372. The van der Waals surface area contributed by atoms with Gasteiger partial charge in [-0.05, 0) is 12.5 Å². The molecule has 0 N–H and O–H groups in total. The van der Waals surface area contributed by atoms with Crippen LogP contribution in [0.5, 0.6) is 5.75 Å². The largest absolute Gasteiger partial charge is 0.491 e. The van der Waals surface area contributed by atoms with Gasteiger partial charge < -0.3 is 9.64 Å². The highest BCUT2D eigenvalue weighted by atomic mass is 16.6. The number of methoxy groups -OCH3 is 1. The second-order valence-electron chi connectivity index (χ2n) is 6.96. The quantitative estimate of drug-likeness (QED) is 0.440. The molecule has 0 unspecified atom stereocenters. The molecule has 1 aliphatic heterocycles. The number of aromatic nitrogens is 4. The van der Waals surface area contributed by atoms with Crippen LogP contribution in [0.1, 0.15) is 6.42 Å². The van der Waals surface area contributed by atoms with Gasteiger partial charge >= 0.3 is 0 Å². The van der Waals surface area contributed by atoms with Crippen LogP contribution in [0.3, 0.4) is 0 Å². The van der Waals surface area contributed by atoms with Crippen LogP contribution in [0, 0.1) is 10.1 Å². The SMILES string of the molecule is COc1cncnc1N1CCN(CCCn2ncc3ccc([N+](=O)[O-])cc32)CC1. The Morgan fingerprint density at radius 2 is 2.00 bits per heavy atom.